The summed E-state index contributed by atoms with van der Waals surface area (Å²) >= 11 is 0. The molecule has 0 aromatic carbocycles. The zero-order valence-electron chi connectivity index (χ0n) is 13.9. The molecule has 2 N–H and O–H groups in total. The second-order valence-electron chi connectivity index (χ2n) is 8.78. The summed E-state index contributed by atoms with van der Waals surface area (Å²) in [5, 5.41) is 20.7. The highest BCUT2D eigenvalue weighted by Gasteiger charge is 2.58. The van der Waals surface area contributed by atoms with E-state index >= 15 is 0 Å². The van der Waals surface area contributed by atoms with E-state index < -0.39 is 6.10 Å². The van der Waals surface area contributed by atoms with Crippen molar-refractivity contribution >= 4 is 0 Å². The third-order valence-electron chi connectivity index (χ3n) is 7.94. The Bertz CT molecular complexity index is 522. The lowest BCUT2D eigenvalue weighted by molar-refractivity contribution is -0.0743. The number of aliphatic hydroxyl groups excluding tert-OH is 2. The Labute approximate surface area is 134 Å². The summed E-state index contributed by atoms with van der Waals surface area (Å²) < 4.78 is 0. The monoisotopic (exact) mass is 302 g/mol. The van der Waals surface area contributed by atoms with Gasteiger partial charge < -0.3 is 10.2 Å². The van der Waals surface area contributed by atoms with E-state index in [1.165, 1.54) is 44.1 Å². The third-order valence-corrected chi connectivity index (χ3v) is 7.94. The molecule has 0 amide bonds. The Morgan fingerprint density at radius 2 is 2.05 bits per heavy atom. The van der Waals surface area contributed by atoms with Crippen LogP contribution in [0.15, 0.2) is 23.8 Å². The summed E-state index contributed by atoms with van der Waals surface area (Å²) in [5.41, 5.74) is 2.62. The summed E-state index contributed by atoms with van der Waals surface area (Å²) in [7, 11) is 0. The first kappa shape index (κ1) is 15.0. The molecule has 0 aromatic heterocycles. The van der Waals surface area contributed by atoms with E-state index in [2.05, 4.69) is 19.6 Å². The van der Waals surface area contributed by atoms with Crippen molar-refractivity contribution < 1.29 is 10.2 Å². The van der Waals surface area contributed by atoms with Crippen LogP contribution in [0.1, 0.15) is 58.3 Å². The largest absolute Gasteiger partial charge is 0.395 e. The van der Waals surface area contributed by atoms with Crippen molar-refractivity contribution in [3.63, 3.8) is 0 Å². The fourth-order valence-corrected chi connectivity index (χ4v) is 6.76. The van der Waals surface area contributed by atoms with Gasteiger partial charge in [-0.15, -0.1) is 0 Å². The van der Waals surface area contributed by atoms with Gasteiger partial charge in [0, 0.05) is 5.41 Å². The van der Waals surface area contributed by atoms with Crippen LogP contribution in [0.25, 0.3) is 0 Å². The Hall–Kier alpha value is -0.600. The molecular weight excluding hydrogens is 272 g/mol. The minimum absolute atomic E-state index is 0.159. The maximum atomic E-state index is 10.4. The maximum absolute atomic E-state index is 10.4. The summed E-state index contributed by atoms with van der Waals surface area (Å²) in [5.74, 6) is 2.17. The van der Waals surface area contributed by atoms with Gasteiger partial charge in [0.15, 0.2) is 0 Å². The lowest BCUT2D eigenvalue weighted by atomic mass is 9.47. The van der Waals surface area contributed by atoms with Crippen molar-refractivity contribution in [3.8, 4) is 0 Å². The van der Waals surface area contributed by atoms with Gasteiger partial charge in [0.25, 0.3) is 0 Å². The van der Waals surface area contributed by atoms with E-state index in [1.807, 2.05) is 0 Å². The summed E-state index contributed by atoms with van der Waals surface area (Å²) in [6, 6.07) is 0. The molecule has 22 heavy (non-hydrogen) atoms. The second-order valence-corrected chi connectivity index (χ2v) is 8.78. The molecule has 0 radical (unpaired) electrons. The Kier molecular flexibility index (Phi) is 3.36. The standard InChI is InChI=1S/C20H30O2/c1-13-10-14-5-6-15-16-4-3-8-19(16,2)9-7-17(15)20(14,12-21)11-18(13)22/h10,15-18,21-22H,1,3-9,11-12H2,2H3/t15-,16-,17+,18?,19-,20+/m0/s1. The molecule has 4 aliphatic carbocycles. The lowest BCUT2D eigenvalue weighted by Gasteiger charge is -2.58. The van der Waals surface area contributed by atoms with Gasteiger partial charge in [-0.1, -0.05) is 31.6 Å². The molecule has 1 unspecified atom stereocenters. The Balaban J connectivity index is 1.73. The molecule has 3 saturated carbocycles. The molecule has 6 atom stereocenters. The van der Waals surface area contributed by atoms with E-state index in [-0.39, 0.29) is 12.0 Å². The van der Waals surface area contributed by atoms with E-state index in [1.54, 1.807) is 0 Å². The lowest BCUT2D eigenvalue weighted by Crippen LogP contribution is -2.53. The zero-order valence-corrected chi connectivity index (χ0v) is 13.9. The normalized spacial score (nSPS) is 50.9. The van der Waals surface area contributed by atoms with Crippen molar-refractivity contribution in [1.82, 2.24) is 0 Å². The number of aliphatic hydroxyl groups is 2. The van der Waals surface area contributed by atoms with Gasteiger partial charge in [0.05, 0.1) is 12.7 Å². The van der Waals surface area contributed by atoms with E-state index in [0.29, 0.717) is 17.8 Å². The molecule has 4 rings (SSSR count). The van der Waals surface area contributed by atoms with E-state index in [0.717, 1.165) is 23.8 Å². The minimum atomic E-state index is -0.466. The van der Waals surface area contributed by atoms with Gasteiger partial charge in [-0.2, -0.15) is 0 Å². The van der Waals surface area contributed by atoms with Gasteiger partial charge >= 0.3 is 0 Å². The average molecular weight is 302 g/mol. The van der Waals surface area contributed by atoms with Gasteiger partial charge in [-0.3, -0.25) is 0 Å². The van der Waals surface area contributed by atoms with Crippen LogP contribution in [0.4, 0.5) is 0 Å². The van der Waals surface area contributed by atoms with Crippen LogP contribution < -0.4 is 0 Å². The highest BCUT2D eigenvalue weighted by molar-refractivity contribution is 5.36. The zero-order chi connectivity index (χ0) is 15.5. The highest BCUT2D eigenvalue weighted by atomic mass is 16.3. The van der Waals surface area contributed by atoms with Crippen LogP contribution in [-0.4, -0.2) is 22.9 Å². The predicted molar refractivity (Wildman–Crippen MR) is 88.3 cm³/mol. The molecular formula is C20H30O2. The maximum Gasteiger partial charge on any atom is 0.0793 e. The SMILES string of the molecule is C=C1C=C2CC[C@@H]3[C@@H](CC[C@]4(C)CCC[C@@H]34)[C@@]2(CO)CC1O. The van der Waals surface area contributed by atoms with Crippen LogP contribution in [0.2, 0.25) is 0 Å². The van der Waals surface area contributed by atoms with Crippen LogP contribution in [-0.2, 0) is 0 Å². The van der Waals surface area contributed by atoms with Gasteiger partial charge in [-0.05, 0) is 73.7 Å². The first-order valence-electron chi connectivity index (χ1n) is 9.19. The van der Waals surface area contributed by atoms with Crippen LogP contribution in [0, 0.1) is 28.6 Å². The number of hydrogen-bond donors (Lipinski definition) is 2. The number of fused-ring (bicyclic) bond motifs is 5. The predicted octanol–water partition coefficient (Wildman–Crippen LogP) is 3.84. The molecule has 122 valence electrons. The van der Waals surface area contributed by atoms with Crippen molar-refractivity contribution in [1.29, 1.82) is 0 Å². The quantitative estimate of drug-likeness (QED) is 0.772. The smallest absolute Gasteiger partial charge is 0.0793 e. The molecule has 2 heteroatoms. The van der Waals surface area contributed by atoms with E-state index in [4.69, 9.17) is 0 Å². The minimum Gasteiger partial charge on any atom is -0.395 e. The molecule has 0 spiro atoms. The fourth-order valence-electron chi connectivity index (χ4n) is 6.76. The van der Waals surface area contributed by atoms with Gasteiger partial charge in [0.1, 0.15) is 0 Å². The second kappa shape index (κ2) is 4.95. The van der Waals surface area contributed by atoms with Gasteiger partial charge in [-0.25, -0.2) is 0 Å². The molecule has 0 aliphatic heterocycles. The molecule has 0 saturated heterocycles. The number of rotatable bonds is 1. The van der Waals surface area contributed by atoms with Crippen molar-refractivity contribution in [2.24, 2.45) is 28.6 Å². The summed E-state index contributed by atoms with van der Waals surface area (Å²) in [6.45, 7) is 6.72. The number of hydrogen-bond acceptors (Lipinski definition) is 2. The summed E-state index contributed by atoms with van der Waals surface area (Å²) in [4.78, 5) is 0. The highest BCUT2D eigenvalue weighted by Crippen LogP contribution is 2.65. The van der Waals surface area contributed by atoms with Crippen LogP contribution in [0.5, 0.6) is 0 Å². The topological polar surface area (TPSA) is 40.5 Å². The van der Waals surface area contributed by atoms with Crippen molar-refractivity contribution in [3.05, 3.63) is 23.8 Å². The molecule has 0 aromatic rings. The molecule has 0 bridgehead atoms. The molecule has 0 heterocycles. The van der Waals surface area contributed by atoms with Crippen molar-refractivity contribution in [2.75, 3.05) is 6.61 Å². The first-order chi connectivity index (χ1) is 10.5. The first-order valence-corrected chi connectivity index (χ1v) is 9.19. The van der Waals surface area contributed by atoms with Crippen LogP contribution in [0.3, 0.4) is 0 Å². The van der Waals surface area contributed by atoms with Crippen LogP contribution >= 0.6 is 0 Å². The molecule has 2 nitrogen and oxygen atoms in total. The summed E-state index contributed by atoms with van der Waals surface area (Å²) in [6.07, 6.45) is 11.4. The Morgan fingerprint density at radius 3 is 2.82 bits per heavy atom. The van der Waals surface area contributed by atoms with Crippen molar-refractivity contribution in [2.45, 2.75) is 64.4 Å². The Morgan fingerprint density at radius 1 is 1.23 bits per heavy atom. The third kappa shape index (κ3) is 1.86. The van der Waals surface area contributed by atoms with E-state index in [9.17, 15) is 10.2 Å². The molecule has 4 aliphatic rings. The van der Waals surface area contributed by atoms with Gasteiger partial charge in [0.2, 0.25) is 0 Å². The average Bonchev–Trinajstić information content (AvgIpc) is 2.90. The fraction of sp³-hybridized carbons (Fsp3) is 0.800. The molecule has 3 fully saturated rings.